The number of ether oxygens (including phenoxy) is 1. The summed E-state index contributed by atoms with van der Waals surface area (Å²) in [7, 11) is 0. The highest BCUT2D eigenvalue weighted by Gasteiger charge is 2.16. The van der Waals surface area contributed by atoms with Crippen molar-refractivity contribution < 1.29 is 28.5 Å². The van der Waals surface area contributed by atoms with E-state index in [0.717, 1.165) is 12.1 Å². The fourth-order valence-electron chi connectivity index (χ4n) is 1.84. The topological polar surface area (TPSA) is 79.7 Å². The molecule has 2 N–H and O–H groups in total. The molecule has 1 aromatic carbocycles. The summed E-state index contributed by atoms with van der Waals surface area (Å²) in [5, 5.41) is 18.6. The molecule has 1 heterocycles. The zero-order chi connectivity index (χ0) is 16.3. The number of hydrogen-bond donors (Lipinski definition) is 2. The van der Waals surface area contributed by atoms with Gasteiger partial charge in [0.1, 0.15) is 0 Å². The van der Waals surface area contributed by atoms with Crippen molar-refractivity contribution in [2.24, 2.45) is 0 Å². The molecule has 0 aliphatic heterocycles. The molecule has 0 aliphatic rings. The maximum atomic E-state index is 13.0. The van der Waals surface area contributed by atoms with Crippen LogP contribution >= 0.6 is 0 Å². The lowest BCUT2D eigenvalue weighted by molar-refractivity contribution is 0.0686. The lowest BCUT2D eigenvalue weighted by Gasteiger charge is -2.10. The highest BCUT2D eigenvalue weighted by atomic mass is 19.2. The van der Waals surface area contributed by atoms with Crippen LogP contribution in [0.4, 0.5) is 8.78 Å². The number of rotatable bonds is 5. The summed E-state index contributed by atoms with van der Waals surface area (Å²) < 4.78 is 31.2. The van der Waals surface area contributed by atoms with Gasteiger partial charge in [-0.1, -0.05) is 6.07 Å². The van der Waals surface area contributed by atoms with Gasteiger partial charge in [-0.25, -0.2) is 18.6 Å². The van der Waals surface area contributed by atoms with Crippen LogP contribution in [0.3, 0.4) is 0 Å². The van der Waals surface area contributed by atoms with Crippen molar-refractivity contribution in [2.45, 2.75) is 20.1 Å². The first-order valence-corrected chi connectivity index (χ1v) is 6.32. The zero-order valence-corrected chi connectivity index (χ0v) is 11.6. The Morgan fingerprint density at radius 3 is 2.64 bits per heavy atom. The Morgan fingerprint density at radius 1 is 1.27 bits per heavy atom. The van der Waals surface area contributed by atoms with Gasteiger partial charge in [-0.3, -0.25) is 0 Å². The summed E-state index contributed by atoms with van der Waals surface area (Å²) in [6.45, 7) is 1.63. The van der Waals surface area contributed by atoms with E-state index in [1.807, 2.05) is 0 Å². The molecule has 5 nitrogen and oxygen atoms in total. The van der Waals surface area contributed by atoms with Crippen molar-refractivity contribution in [3.8, 4) is 5.75 Å². The maximum Gasteiger partial charge on any atom is 0.358 e. The second kappa shape index (κ2) is 6.48. The van der Waals surface area contributed by atoms with Gasteiger partial charge in [0.2, 0.25) is 0 Å². The van der Waals surface area contributed by atoms with Gasteiger partial charge >= 0.3 is 5.97 Å². The summed E-state index contributed by atoms with van der Waals surface area (Å²) in [6.07, 6.45) is 1.30. The van der Waals surface area contributed by atoms with Crippen LogP contribution in [0.5, 0.6) is 5.75 Å². The third-order valence-electron chi connectivity index (χ3n) is 3.12. The molecular formula is C15H13F2NO4. The van der Waals surface area contributed by atoms with Crippen LogP contribution in [0, 0.1) is 18.6 Å². The Morgan fingerprint density at radius 2 is 2.00 bits per heavy atom. The van der Waals surface area contributed by atoms with Gasteiger partial charge in [-0.2, -0.15) is 0 Å². The lowest BCUT2D eigenvalue weighted by atomic mass is 10.1. The monoisotopic (exact) mass is 309 g/mol. The predicted molar refractivity (Wildman–Crippen MR) is 72.4 cm³/mol. The van der Waals surface area contributed by atoms with Crippen molar-refractivity contribution in [1.29, 1.82) is 0 Å². The summed E-state index contributed by atoms with van der Waals surface area (Å²) in [5.41, 5.74) is 0.875. The van der Waals surface area contributed by atoms with E-state index in [-0.39, 0.29) is 13.2 Å². The van der Waals surface area contributed by atoms with Crippen molar-refractivity contribution in [3.63, 3.8) is 0 Å². The van der Waals surface area contributed by atoms with E-state index in [0.29, 0.717) is 16.7 Å². The van der Waals surface area contributed by atoms with Crippen LogP contribution in [0.25, 0.3) is 0 Å². The van der Waals surface area contributed by atoms with E-state index in [9.17, 15) is 18.7 Å². The van der Waals surface area contributed by atoms with Gasteiger partial charge in [0, 0.05) is 17.3 Å². The molecule has 22 heavy (non-hydrogen) atoms. The number of aromatic nitrogens is 1. The normalized spacial score (nSPS) is 10.7. The zero-order valence-electron chi connectivity index (χ0n) is 11.6. The minimum absolute atomic E-state index is 0.0398. The molecule has 0 bridgehead atoms. The van der Waals surface area contributed by atoms with Crippen LogP contribution in [0.15, 0.2) is 24.4 Å². The van der Waals surface area contributed by atoms with Crippen molar-refractivity contribution in [3.05, 3.63) is 58.4 Å². The summed E-state index contributed by atoms with van der Waals surface area (Å²) in [6, 6.07) is 3.44. The number of hydrogen-bond acceptors (Lipinski definition) is 4. The molecule has 2 aromatic rings. The van der Waals surface area contributed by atoms with E-state index in [2.05, 4.69) is 4.98 Å². The number of pyridine rings is 1. The molecule has 1 aromatic heterocycles. The number of aromatic hydroxyl groups is 1. The van der Waals surface area contributed by atoms with E-state index >= 15 is 0 Å². The van der Waals surface area contributed by atoms with E-state index < -0.39 is 29.0 Å². The standard InChI is InChI=1S/C15H13F2NO4/c1-8-10(5-18-13(14(8)19)15(20)21)7-22-6-9-2-3-11(16)12(17)4-9/h2-5,19H,6-7H2,1H3,(H,20,21). The number of carboxylic acids is 1. The SMILES string of the molecule is Cc1c(COCc2ccc(F)c(F)c2)cnc(C(=O)O)c1O. The molecule has 0 spiro atoms. The second-order valence-electron chi connectivity index (χ2n) is 4.65. The summed E-state index contributed by atoms with van der Waals surface area (Å²) in [4.78, 5) is 14.5. The van der Waals surface area contributed by atoms with E-state index in [4.69, 9.17) is 9.84 Å². The van der Waals surface area contributed by atoms with Crippen LogP contribution < -0.4 is 0 Å². The fraction of sp³-hybridized carbons (Fsp3) is 0.200. The maximum absolute atomic E-state index is 13.0. The van der Waals surface area contributed by atoms with Crippen molar-refractivity contribution in [1.82, 2.24) is 4.98 Å². The lowest BCUT2D eigenvalue weighted by Crippen LogP contribution is -2.05. The van der Waals surface area contributed by atoms with Crippen LogP contribution in [0.2, 0.25) is 0 Å². The number of nitrogens with zero attached hydrogens (tertiary/aromatic N) is 1. The van der Waals surface area contributed by atoms with Crippen LogP contribution in [-0.4, -0.2) is 21.2 Å². The number of carboxylic acid groups (broad SMARTS) is 1. The molecule has 0 atom stereocenters. The molecule has 0 saturated heterocycles. The predicted octanol–water partition coefficient (Wildman–Crippen LogP) is 2.79. The van der Waals surface area contributed by atoms with Gasteiger partial charge in [-0.15, -0.1) is 0 Å². The first-order chi connectivity index (χ1) is 10.4. The first-order valence-electron chi connectivity index (χ1n) is 6.32. The van der Waals surface area contributed by atoms with E-state index in [1.165, 1.54) is 12.3 Å². The fourth-order valence-corrected chi connectivity index (χ4v) is 1.84. The smallest absolute Gasteiger partial charge is 0.358 e. The highest BCUT2D eigenvalue weighted by molar-refractivity contribution is 5.89. The summed E-state index contributed by atoms with van der Waals surface area (Å²) >= 11 is 0. The average molecular weight is 309 g/mol. The van der Waals surface area contributed by atoms with E-state index in [1.54, 1.807) is 6.92 Å². The molecule has 0 aliphatic carbocycles. The van der Waals surface area contributed by atoms with Gasteiger partial charge in [0.15, 0.2) is 23.1 Å². The Balaban J connectivity index is 2.04. The first kappa shape index (κ1) is 15.8. The Kier molecular flexibility index (Phi) is 4.67. The number of aromatic carboxylic acids is 1. The molecule has 116 valence electrons. The Labute approximate surface area is 124 Å². The molecule has 0 saturated carbocycles. The Hall–Kier alpha value is -2.54. The number of halogens is 2. The second-order valence-corrected chi connectivity index (χ2v) is 4.65. The average Bonchev–Trinajstić information content (AvgIpc) is 2.47. The largest absolute Gasteiger partial charge is 0.505 e. The van der Waals surface area contributed by atoms with Crippen molar-refractivity contribution >= 4 is 5.97 Å². The van der Waals surface area contributed by atoms with Gasteiger partial charge < -0.3 is 14.9 Å². The molecule has 2 rings (SSSR count). The minimum Gasteiger partial charge on any atom is -0.505 e. The molecule has 7 heteroatoms. The molecule has 0 radical (unpaired) electrons. The molecule has 0 unspecified atom stereocenters. The number of carbonyl (C=O) groups is 1. The van der Waals surface area contributed by atoms with Gasteiger partial charge in [0.25, 0.3) is 0 Å². The molecular weight excluding hydrogens is 296 g/mol. The quantitative estimate of drug-likeness (QED) is 0.888. The van der Waals surface area contributed by atoms with Gasteiger partial charge in [-0.05, 0) is 24.6 Å². The highest BCUT2D eigenvalue weighted by Crippen LogP contribution is 2.24. The minimum atomic E-state index is -1.32. The molecule has 0 amide bonds. The number of benzene rings is 1. The van der Waals surface area contributed by atoms with Crippen LogP contribution in [-0.2, 0) is 18.0 Å². The third kappa shape index (κ3) is 3.37. The third-order valence-corrected chi connectivity index (χ3v) is 3.12. The van der Waals surface area contributed by atoms with Crippen LogP contribution in [0.1, 0.15) is 27.2 Å². The van der Waals surface area contributed by atoms with Crippen molar-refractivity contribution in [2.75, 3.05) is 0 Å². The van der Waals surface area contributed by atoms with Gasteiger partial charge in [0.05, 0.1) is 13.2 Å². The summed E-state index contributed by atoms with van der Waals surface area (Å²) in [5.74, 6) is -3.63. The Bertz CT molecular complexity index is 719. The molecule has 0 fully saturated rings.